The smallest absolute Gasteiger partial charge is 0.233 e. The lowest BCUT2D eigenvalue weighted by Crippen LogP contribution is -2.33. The van der Waals surface area contributed by atoms with Crippen LogP contribution in [0, 0.1) is 0 Å². The molecule has 9 nitrogen and oxygen atoms in total. The van der Waals surface area contributed by atoms with E-state index in [2.05, 4.69) is 32.6 Å². The minimum atomic E-state index is -0.278. The van der Waals surface area contributed by atoms with E-state index in [0.717, 1.165) is 44.6 Å². The molecule has 0 aromatic carbocycles. The standard InChI is InChI=1S/C14H22N8O/c1-3-7-21-10-15-16-12(21)9-20(2)14(23)11-6-4-5-8-22-13(11)17-18-19-22/h10-11H,3-9H2,1-2H3/t11-/m0/s1. The van der Waals surface area contributed by atoms with E-state index in [4.69, 9.17) is 0 Å². The van der Waals surface area contributed by atoms with Crippen molar-refractivity contribution in [3.8, 4) is 0 Å². The highest BCUT2D eigenvalue weighted by Gasteiger charge is 2.31. The molecule has 2 aromatic rings. The molecule has 0 radical (unpaired) electrons. The molecular weight excluding hydrogens is 296 g/mol. The van der Waals surface area contributed by atoms with Crippen molar-refractivity contribution in [2.75, 3.05) is 7.05 Å². The Bertz CT molecular complexity index is 663. The number of hydrogen-bond acceptors (Lipinski definition) is 6. The molecule has 2 aromatic heterocycles. The summed E-state index contributed by atoms with van der Waals surface area (Å²) >= 11 is 0. The zero-order valence-corrected chi connectivity index (χ0v) is 13.6. The summed E-state index contributed by atoms with van der Waals surface area (Å²) in [5, 5.41) is 19.8. The second-order valence-electron chi connectivity index (χ2n) is 5.94. The molecule has 1 aliphatic heterocycles. The van der Waals surface area contributed by atoms with Crippen LogP contribution in [0.25, 0.3) is 0 Å². The fraction of sp³-hybridized carbons (Fsp3) is 0.714. The molecule has 0 spiro atoms. The zero-order valence-electron chi connectivity index (χ0n) is 13.6. The molecule has 9 heteroatoms. The van der Waals surface area contributed by atoms with E-state index in [0.29, 0.717) is 12.4 Å². The van der Waals surface area contributed by atoms with E-state index < -0.39 is 0 Å². The summed E-state index contributed by atoms with van der Waals surface area (Å²) in [6.07, 6.45) is 5.48. The van der Waals surface area contributed by atoms with Crippen molar-refractivity contribution in [2.24, 2.45) is 0 Å². The van der Waals surface area contributed by atoms with Crippen LogP contribution in [0.3, 0.4) is 0 Å². The minimum absolute atomic E-state index is 0.0361. The normalized spacial score (nSPS) is 17.6. The fourth-order valence-corrected chi connectivity index (χ4v) is 2.98. The van der Waals surface area contributed by atoms with Gasteiger partial charge in [-0.2, -0.15) is 0 Å². The van der Waals surface area contributed by atoms with Gasteiger partial charge in [0, 0.05) is 20.1 Å². The third-order valence-electron chi connectivity index (χ3n) is 4.20. The number of likely N-dealkylation sites (N-methyl/N-ethyl adjacent to an activating group) is 1. The van der Waals surface area contributed by atoms with Crippen LogP contribution in [-0.4, -0.2) is 52.8 Å². The number of nitrogens with zero attached hydrogens (tertiary/aromatic N) is 8. The molecular formula is C14H22N8O. The Morgan fingerprint density at radius 3 is 3.09 bits per heavy atom. The molecule has 1 atom stereocenters. The topological polar surface area (TPSA) is 94.6 Å². The number of hydrogen-bond donors (Lipinski definition) is 0. The van der Waals surface area contributed by atoms with Crippen molar-refractivity contribution in [1.82, 2.24) is 39.9 Å². The van der Waals surface area contributed by atoms with Gasteiger partial charge in [0.2, 0.25) is 5.91 Å². The monoisotopic (exact) mass is 318 g/mol. The molecule has 23 heavy (non-hydrogen) atoms. The van der Waals surface area contributed by atoms with Crippen LogP contribution in [0.5, 0.6) is 0 Å². The Hall–Kier alpha value is -2.32. The van der Waals surface area contributed by atoms with Crippen molar-refractivity contribution in [1.29, 1.82) is 0 Å². The van der Waals surface area contributed by atoms with Gasteiger partial charge in [-0.1, -0.05) is 13.3 Å². The largest absolute Gasteiger partial charge is 0.338 e. The predicted octanol–water partition coefficient (Wildman–Crippen LogP) is 0.601. The van der Waals surface area contributed by atoms with Gasteiger partial charge < -0.3 is 9.47 Å². The second-order valence-corrected chi connectivity index (χ2v) is 5.94. The van der Waals surface area contributed by atoms with Crippen LogP contribution in [0.1, 0.15) is 50.2 Å². The molecule has 0 N–H and O–H groups in total. The number of amides is 1. The Balaban J connectivity index is 1.74. The average molecular weight is 318 g/mol. The number of rotatable bonds is 5. The zero-order chi connectivity index (χ0) is 16.2. The highest BCUT2D eigenvalue weighted by atomic mass is 16.2. The first-order chi connectivity index (χ1) is 11.2. The number of carbonyl (C=O) groups is 1. The molecule has 3 heterocycles. The Labute approximate surface area is 134 Å². The Morgan fingerprint density at radius 1 is 1.39 bits per heavy atom. The lowest BCUT2D eigenvalue weighted by molar-refractivity contribution is -0.132. The van der Waals surface area contributed by atoms with E-state index in [1.807, 2.05) is 4.57 Å². The van der Waals surface area contributed by atoms with Crippen LogP contribution in [0.2, 0.25) is 0 Å². The molecule has 0 unspecified atom stereocenters. The maximum Gasteiger partial charge on any atom is 0.233 e. The summed E-state index contributed by atoms with van der Waals surface area (Å²) in [7, 11) is 1.80. The van der Waals surface area contributed by atoms with Crippen LogP contribution in [0.15, 0.2) is 6.33 Å². The lowest BCUT2D eigenvalue weighted by atomic mass is 10.0. The van der Waals surface area contributed by atoms with Crippen LogP contribution in [0.4, 0.5) is 0 Å². The van der Waals surface area contributed by atoms with Gasteiger partial charge in [-0.3, -0.25) is 4.79 Å². The summed E-state index contributed by atoms with van der Waals surface area (Å²) in [4.78, 5) is 14.6. The van der Waals surface area contributed by atoms with Gasteiger partial charge in [-0.15, -0.1) is 15.3 Å². The summed E-state index contributed by atoms with van der Waals surface area (Å²) < 4.78 is 3.74. The number of aryl methyl sites for hydroxylation is 2. The van der Waals surface area contributed by atoms with E-state index in [-0.39, 0.29) is 11.8 Å². The third-order valence-corrected chi connectivity index (χ3v) is 4.20. The summed E-state index contributed by atoms with van der Waals surface area (Å²) in [5.41, 5.74) is 0. The molecule has 3 rings (SSSR count). The van der Waals surface area contributed by atoms with Gasteiger partial charge >= 0.3 is 0 Å². The number of aromatic nitrogens is 7. The molecule has 0 aliphatic carbocycles. The first kappa shape index (κ1) is 15.6. The number of carbonyl (C=O) groups excluding carboxylic acids is 1. The van der Waals surface area contributed by atoms with Crippen molar-refractivity contribution < 1.29 is 4.79 Å². The van der Waals surface area contributed by atoms with E-state index >= 15 is 0 Å². The molecule has 124 valence electrons. The Morgan fingerprint density at radius 2 is 2.26 bits per heavy atom. The highest BCUT2D eigenvalue weighted by Crippen LogP contribution is 2.26. The summed E-state index contributed by atoms with van der Waals surface area (Å²) in [6.45, 7) is 4.17. The summed E-state index contributed by atoms with van der Waals surface area (Å²) in [6, 6.07) is 0. The molecule has 0 saturated heterocycles. The van der Waals surface area contributed by atoms with Crippen molar-refractivity contribution >= 4 is 5.91 Å². The van der Waals surface area contributed by atoms with Gasteiger partial charge in [-0.25, -0.2) is 4.68 Å². The average Bonchev–Trinajstić information content (AvgIpc) is 3.13. The lowest BCUT2D eigenvalue weighted by Gasteiger charge is -2.22. The maximum atomic E-state index is 12.9. The Kier molecular flexibility index (Phi) is 4.63. The van der Waals surface area contributed by atoms with Crippen molar-refractivity contribution in [3.05, 3.63) is 18.0 Å². The third kappa shape index (κ3) is 3.22. The van der Waals surface area contributed by atoms with Gasteiger partial charge in [0.25, 0.3) is 0 Å². The first-order valence-corrected chi connectivity index (χ1v) is 8.08. The number of tetrazole rings is 1. The second kappa shape index (κ2) is 6.84. The quantitative estimate of drug-likeness (QED) is 0.801. The molecule has 1 amide bonds. The minimum Gasteiger partial charge on any atom is -0.338 e. The summed E-state index contributed by atoms with van der Waals surface area (Å²) in [5.74, 6) is 1.24. The first-order valence-electron chi connectivity index (χ1n) is 8.08. The van der Waals surface area contributed by atoms with Gasteiger partial charge in [0.05, 0.1) is 12.5 Å². The maximum absolute atomic E-state index is 12.9. The van der Waals surface area contributed by atoms with Gasteiger partial charge in [-0.05, 0) is 29.7 Å². The predicted molar refractivity (Wildman–Crippen MR) is 81.2 cm³/mol. The van der Waals surface area contributed by atoms with Crippen molar-refractivity contribution in [2.45, 2.75) is 58.2 Å². The van der Waals surface area contributed by atoms with E-state index in [9.17, 15) is 4.79 Å². The van der Waals surface area contributed by atoms with Crippen LogP contribution in [-0.2, 0) is 24.4 Å². The van der Waals surface area contributed by atoms with Gasteiger partial charge in [0.1, 0.15) is 6.33 Å². The molecule has 1 aliphatic rings. The molecule has 0 saturated carbocycles. The molecule has 0 bridgehead atoms. The van der Waals surface area contributed by atoms with Crippen LogP contribution >= 0.6 is 0 Å². The highest BCUT2D eigenvalue weighted by molar-refractivity contribution is 5.82. The van der Waals surface area contributed by atoms with Crippen LogP contribution < -0.4 is 0 Å². The van der Waals surface area contributed by atoms with E-state index in [1.165, 1.54) is 0 Å². The van der Waals surface area contributed by atoms with E-state index in [1.54, 1.807) is 23.0 Å². The number of fused-ring (bicyclic) bond motifs is 1. The van der Waals surface area contributed by atoms with Gasteiger partial charge in [0.15, 0.2) is 11.6 Å². The fourth-order valence-electron chi connectivity index (χ4n) is 2.98. The SMILES string of the molecule is CCCn1cnnc1CN(C)C(=O)[C@H]1CCCCn2nnnc21. The molecule has 0 fully saturated rings. The van der Waals surface area contributed by atoms with Crippen molar-refractivity contribution in [3.63, 3.8) is 0 Å².